The monoisotopic (exact) mass is 223 g/mol. The number of aryl methyl sites for hydroxylation is 2. The van der Waals surface area contributed by atoms with Crippen molar-refractivity contribution in [2.45, 2.75) is 19.4 Å². The third-order valence-corrected chi connectivity index (χ3v) is 3.19. The van der Waals surface area contributed by atoms with Crippen LogP contribution < -0.4 is 5.73 Å². The van der Waals surface area contributed by atoms with Gasteiger partial charge in [-0.15, -0.1) is 5.10 Å². The van der Waals surface area contributed by atoms with E-state index in [1.807, 2.05) is 24.7 Å². The molecule has 2 N–H and O–H groups in total. The Morgan fingerprint density at radius 2 is 2.40 bits per heavy atom. The molecule has 2 aromatic rings. The first-order chi connectivity index (χ1) is 7.24. The van der Waals surface area contributed by atoms with Gasteiger partial charge in [0.25, 0.3) is 0 Å². The van der Waals surface area contributed by atoms with Gasteiger partial charge in [0, 0.05) is 19.4 Å². The van der Waals surface area contributed by atoms with Crippen LogP contribution in [0.3, 0.4) is 0 Å². The number of rotatable bonds is 3. The SMILES string of the molecule is CCc1nnsc1C(N)c1nccn1C. The van der Waals surface area contributed by atoms with Crippen LogP contribution in [0.15, 0.2) is 12.4 Å². The maximum Gasteiger partial charge on any atom is 0.130 e. The highest BCUT2D eigenvalue weighted by molar-refractivity contribution is 7.05. The topological polar surface area (TPSA) is 69.6 Å². The molecule has 1 atom stereocenters. The number of imidazole rings is 1. The van der Waals surface area contributed by atoms with Crippen LogP contribution in [-0.2, 0) is 13.5 Å². The standard InChI is InChI=1S/C9H13N5S/c1-3-6-8(15-13-12-6)7(10)9-11-4-5-14(9)2/h4-5,7H,3,10H2,1-2H3. The van der Waals surface area contributed by atoms with Crippen LogP contribution in [0.4, 0.5) is 0 Å². The number of aromatic nitrogens is 4. The molecular weight excluding hydrogens is 210 g/mol. The van der Waals surface area contributed by atoms with Crippen molar-refractivity contribution in [1.82, 2.24) is 19.1 Å². The van der Waals surface area contributed by atoms with E-state index >= 15 is 0 Å². The molecule has 15 heavy (non-hydrogen) atoms. The number of nitrogens with two attached hydrogens (primary N) is 1. The van der Waals surface area contributed by atoms with Gasteiger partial charge in [-0.3, -0.25) is 0 Å². The predicted octanol–water partition coefficient (Wildman–Crippen LogP) is 0.882. The molecule has 5 nitrogen and oxygen atoms in total. The van der Waals surface area contributed by atoms with Crippen molar-refractivity contribution in [3.8, 4) is 0 Å². The summed E-state index contributed by atoms with van der Waals surface area (Å²) in [6.45, 7) is 2.05. The first-order valence-electron chi connectivity index (χ1n) is 4.78. The second kappa shape index (κ2) is 4.08. The van der Waals surface area contributed by atoms with Crippen molar-refractivity contribution in [1.29, 1.82) is 0 Å². The van der Waals surface area contributed by atoms with Gasteiger partial charge in [0.2, 0.25) is 0 Å². The lowest BCUT2D eigenvalue weighted by Gasteiger charge is -2.09. The third-order valence-electron chi connectivity index (χ3n) is 2.34. The van der Waals surface area contributed by atoms with Gasteiger partial charge in [0.1, 0.15) is 11.9 Å². The fourth-order valence-corrected chi connectivity index (χ4v) is 2.23. The summed E-state index contributed by atoms with van der Waals surface area (Å²) in [7, 11) is 1.93. The fraction of sp³-hybridized carbons (Fsp3) is 0.444. The molecule has 0 spiro atoms. The average molecular weight is 223 g/mol. The van der Waals surface area contributed by atoms with E-state index in [2.05, 4.69) is 14.6 Å². The Balaban J connectivity index is 2.36. The zero-order valence-electron chi connectivity index (χ0n) is 8.71. The summed E-state index contributed by atoms with van der Waals surface area (Å²) in [5, 5.41) is 4.05. The molecule has 2 rings (SSSR count). The molecule has 0 aromatic carbocycles. The maximum absolute atomic E-state index is 6.13. The smallest absolute Gasteiger partial charge is 0.130 e. The van der Waals surface area contributed by atoms with Crippen LogP contribution in [0.25, 0.3) is 0 Å². The van der Waals surface area contributed by atoms with Gasteiger partial charge in [-0.1, -0.05) is 11.4 Å². The first-order valence-corrected chi connectivity index (χ1v) is 5.55. The van der Waals surface area contributed by atoms with Gasteiger partial charge in [-0.25, -0.2) is 4.98 Å². The molecule has 1 unspecified atom stereocenters. The van der Waals surface area contributed by atoms with Crippen molar-refractivity contribution < 1.29 is 0 Å². The van der Waals surface area contributed by atoms with E-state index in [0.29, 0.717) is 0 Å². The van der Waals surface area contributed by atoms with Crippen molar-refractivity contribution in [3.63, 3.8) is 0 Å². The molecule has 0 amide bonds. The minimum atomic E-state index is -0.222. The molecule has 0 saturated heterocycles. The maximum atomic E-state index is 6.13. The summed E-state index contributed by atoms with van der Waals surface area (Å²) < 4.78 is 5.85. The molecule has 0 aliphatic heterocycles. The molecule has 0 saturated carbocycles. The van der Waals surface area contributed by atoms with E-state index < -0.39 is 0 Å². The fourth-order valence-electron chi connectivity index (χ4n) is 1.49. The van der Waals surface area contributed by atoms with E-state index in [1.54, 1.807) is 6.20 Å². The van der Waals surface area contributed by atoms with Gasteiger partial charge in [-0.05, 0) is 18.0 Å². The Bertz CT molecular complexity index is 447. The summed E-state index contributed by atoms with van der Waals surface area (Å²) in [5.41, 5.74) is 7.10. The van der Waals surface area contributed by atoms with Crippen LogP contribution in [-0.4, -0.2) is 19.1 Å². The van der Waals surface area contributed by atoms with Gasteiger partial charge >= 0.3 is 0 Å². The minimum Gasteiger partial charge on any atom is -0.336 e. The minimum absolute atomic E-state index is 0.222. The summed E-state index contributed by atoms with van der Waals surface area (Å²) in [6, 6.07) is -0.222. The first kappa shape index (κ1) is 10.3. The molecule has 0 aliphatic rings. The van der Waals surface area contributed by atoms with E-state index in [1.165, 1.54) is 11.5 Å². The average Bonchev–Trinajstić information content (AvgIpc) is 2.84. The van der Waals surface area contributed by atoms with Crippen LogP contribution in [0.1, 0.15) is 29.4 Å². The summed E-state index contributed by atoms with van der Waals surface area (Å²) >= 11 is 1.35. The van der Waals surface area contributed by atoms with Gasteiger partial charge < -0.3 is 10.3 Å². The third kappa shape index (κ3) is 1.78. The summed E-state index contributed by atoms with van der Waals surface area (Å²) in [5.74, 6) is 0.843. The molecule has 6 heteroatoms. The summed E-state index contributed by atoms with van der Waals surface area (Å²) in [6.07, 6.45) is 4.48. The van der Waals surface area contributed by atoms with Crippen LogP contribution >= 0.6 is 11.5 Å². The quantitative estimate of drug-likeness (QED) is 0.838. The lowest BCUT2D eigenvalue weighted by atomic mass is 10.2. The normalized spacial score (nSPS) is 13.0. The Morgan fingerprint density at radius 1 is 1.60 bits per heavy atom. The van der Waals surface area contributed by atoms with E-state index in [0.717, 1.165) is 22.8 Å². The highest BCUT2D eigenvalue weighted by Crippen LogP contribution is 2.23. The summed E-state index contributed by atoms with van der Waals surface area (Å²) in [4.78, 5) is 5.24. The Labute approximate surface area is 92.1 Å². The molecule has 0 aliphatic carbocycles. The van der Waals surface area contributed by atoms with E-state index in [4.69, 9.17) is 5.73 Å². The molecule has 0 bridgehead atoms. The lowest BCUT2D eigenvalue weighted by Crippen LogP contribution is -2.16. The highest BCUT2D eigenvalue weighted by Gasteiger charge is 2.19. The van der Waals surface area contributed by atoms with E-state index in [9.17, 15) is 0 Å². The molecule has 0 radical (unpaired) electrons. The van der Waals surface area contributed by atoms with Crippen LogP contribution in [0.2, 0.25) is 0 Å². The lowest BCUT2D eigenvalue weighted by molar-refractivity contribution is 0.717. The number of nitrogens with zero attached hydrogens (tertiary/aromatic N) is 4. The Hall–Kier alpha value is -1.27. The number of hydrogen-bond donors (Lipinski definition) is 1. The zero-order chi connectivity index (χ0) is 10.8. The van der Waals surface area contributed by atoms with Gasteiger partial charge in [-0.2, -0.15) is 0 Å². The second-order valence-electron chi connectivity index (χ2n) is 3.31. The second-order valence-corrected chi connectivity index (χ2v) is 4.10. The van der Waals surface area contributed by atoms with Crippen molar-refractivity contribution in [3.05, 3.63) is 28.8 Å². The van der Waals surface area contributed by atoms with Gasteiger partial charge in [0.05, 0.1) is 10.6 Å². The van der Waals surface area contributed by atoms with Crippen LogP contribution in [0.5, 0.6) is 0 Å². The molecule has 80 valence electrons. The molecule has 2 aromatic heterocycles. The molecule has 0 fully saturated rings. The Morgan fingerprint density at radius 3 is 3.00 bits per heavy atom. The van der Waals surface area contributed by atoms with Crippen molar-refractivity contribution in [2.75, 3.05) is 0 Å². The van der Waals surface area contributed by atoms with Crippen molar-refractivity contribution >= 4 is 11.5 Å². The van der Waals surface area contributed by atoms with Gasteiger partial charge in [0.15, 0.2) is 0 Å². The molecule has 2 heterocycles. The Kier molecular flexibility index (Phi) is 2.79. The zero-order valence-corrected chi connectivity index (χ0v) is 9.53. The van der Waals surface area contributed by atoms with Crippen LogP contribution in [0, 0.1) is 0 Å². The predicted molar refractivity (Wildman–Crippen MR) is 58.5 cm³/mol. The highest BCUT2D eigenvalue weighted by atomic mass is 32.1. The largest absolute Gasteiger partial charge is 0.336 e. The number of hydrogen-bond acceptors (Lipinski definition) is 5. The van der Waals surface area contributed by atoms with E-state index in [-0.39, 0.29) is 6.04 Å². The van der Waals surface area contributed by atoms with Crippen molar-refractivity contribution in [2.24, 2.45) is 12.8 Å². The molecular formula is C9H13N5S.